The third-order valence-electron chi connectivity index (χ3n) is 6.89. The van der Waals surface area contributed by atoms with Crippen molar-refractivity contribution >= 4 is 17.4 Å². The van der Waals surface area contributed by atoms with Gasteiger partial charge in [0.2, 0.25) is 5.91 Å². The van der Waals surface area contributed by atoms with Crippen molar-refractivity contribution in [2.24, 2.45) is 0 Å². The van der Waals surface area contributed by atoms with Crippen molar-refractivity contribution < 1.29 is 19.0 Å². The molecule has 5 rings (SSSR count). The van der Waals surface area contributed by atoms with Crippen LogP contribution in [0.15, 0.2) is 12.1 Å². The zero-order valence-electron chi connectivity index (χ0n) is 20.1. The van der Waals surface area contributed by atoms with E-state index in [4.69, 9.17) is 9.84 Å². The molecular weight excluding hydrogens is 423 g/mol. The molecular formula is C25H35FN4O3. The molecule has 1 fully saturated rings. The molecule has 0 bridgehead atoms. The number of ether oxygens (including phenoxy) is 1. The molecule has 7 nitrogen and oxygen atoms in total. The average Bonchev–Trinajstić information content (AvgIpc) is 3.21. The van der Waals surface area contributed by atoms with Gasteiger partial charge in [0.25, 0.3) is 0 Å². The Morgan fingerprint density at radius 1 is 1.18 bits per heavy atom. The molecule has 3 aliphatic heterocycles. The van der Waals surface area contributed by atoms with E-state index in [0.717, 1.165) is 49.4 Å². The number of hydrogen-bond acceptors (Lipinski definition) is 5. The summed E-state index contributed by atoms with van der Waals surface area (Å²) in [4.78, 5) is 16.0. The number of aryl methyl sites for hydroxylation is 1. The van der Waals surface area contributed by atoms with E-state index in [-0.39, 0.29) is 17.8 Å². The summed E-state index contributed by atoms with van der Waals surface area (Å²) in [7, 11) is 0. The largest absolute Gasteiger partial charge is 0.388 e. The van der Waals surface area contributed by atoms with Gasteiger partial charge in [-0.2, -0.15) is 5.10 Å². The predicted octanol–water partition coefficient (Wildman–Crippen LogP) is 4.19. The summed E-state index contributed by atoms with van der Waals surface area (Å²) in [5.41, 5.74) is 4.13. The highest BCUT2D eigenvalue weighted by atomic mass is 19.1. The fourth-order valence-electron chi connectivity index (χ4n) is 5.09. The molecule has 0 saturated carbocycles. The first-order valence-electron chi connectivity index (χ1n) is 12.1. The Morgan fingerprint density at radius 2 is 1.91 bits per heavy atom. The minimum Gasteiger partial charge on any atom is -0.388 e. The number of nitrogens with zero attached hydrogens (tertiary/aromatic N) is 4. The normalized spacial score (nSPS) is 20.6. The Balaban J connectivity index is 0.00000126. The monoisotopic (exact) mass is 458 g/mol. The number of amides is 1. The van der Waals surface area contributed by atoms with Gasteiger partial charge in [0, 0.05) is 56.5 Å². The Labute approximate surface area is 195 Å². The van der Waals surface area contributed by atoms with E-state index >= 15 is 0 Å². The van der Waals surface area contributed by atoms with E-state index in [9.17, 15) is 14.3 Å². The van der Waals surface area contributed by atoms with Crippen LogP contribution in [0, 0.1) is 12.7 Å². The van der Waals surface area contributed by atoms with E-state index in [1.807, 2.05) is 23.6 Å². The van der Waals surface area contributed by atoms with Crippen LogP contribution in [0.4, 0.5) is 15.9 Å². The first kappa shape index (κ1) is 23.7. The number of carbonyl (C=O) groups excluding carboxylic acids is 1. The predicted molar refractivity (Wildman–Crippen MR) is 125 cm³/mol. The Morgan fingerprint density at radius 3 is 2.61 bits per heavy atom. The molecule has 1 N–H and O–H groups in total. The molecule has 2 aromatic rings. The summed E-state index contributed by atoms with van der Waals surface area (Å²) < 4.78 is 22.2. The highest BCUT2D eigenvalue weighted by molar-refractivity contribution is 5.75. The summed E-state index contributed by atoms with van der Waals surface area (Å²) in [5.74, 6) is 0.538. The number of rotatable bonds is 2. The second-order valence-corrected chi connectivity index (χ2v) is 8.84. The van der Waals surface area contributed by atoms with Crippen molar-refractivity contribution in [1.29, 1.82) is 0 Å². The van der Waals surface area contributed by atoms with Crippen molar-refractivity contribution in [3.8, 4) is 0 Å². The van der Waals surface area contributed by atoms with Gasteiger partial charge in [-0.05, 0) is 43.9 Å². The molecule has 180 valence electrons. The van der Waals surface area contributed by atoms with Crippen molar-refractivity contribution in [2.45, 2.75) is 72.1 Å². The lowest BCUT2D eigenvalue weighted by Gasteiger charge is -2.34. The van der Waals surface area contributed by atoms with Crippen LogP contribution in [0.2, 0.25) is 0 Å². The van der Waals surface area contributed by atoms with E-state index in [0.29, 0.717) is 37.3 Å². The second kappa shape index (κ2) is 9.81. The van der Waals surface area contributed by atoms with Crippen LogP contribution in [-0.2, 0) is 22.5 Å². The lowest BCUT2D eigenvalue weighted by Crippen LogP contribution is -2.36. The summed E-state index contributed by atoms with van der Waals surface area (Å²) in [6.45, 7) is 10.5. The number of fused-ring (bicyclic) bond motifs is 2. The summed E-state index contributed by atoms with van der Waals surface area (Å²) >= 11 is 0. The van der Waals surface area contributed by atoms with Crippen LogP contribution in [0.1, 0.15) is 74.6 Å². The van der Waals surface area contributed by atoms with E-state index in [1.165, 1.54) is 11.8 Å². The maximum Gasteiger partial charge on any atom is 0.219 e. The van der Waals surface area contributed by atoms with Crippen LogP contribution in [0.25, 0.3) is 0 Å². The number of anilines is 2. The van der Waals surface area contributed by atoms with E-state index < -0.39 is 6.10 Å². The number of hydrogen-bond donors (Lipinski definition) is 1. The number of benzene rings is 1. The minimum absolute atomic E-state index is 0.0477. The third kappa shape index (κ3) is 4.38. The SMILES string of the molecule is CC.CC(=O)N1CCc2c(c(N3CCC(O)c4cc(C)c(F)cc43)nn2C2CCOCC2)C1. The standard InChI is InChI=1S/C23H29FN4O3.C2H6/c1-14-11-17-21(12-19(14)24)27(8-4-22(17)30)23-18-13-26(15(2)29)7-3-20(18)28(25-23)16-5-9-31-10-6-16;1-2/h11-12,16,22,30H,3-10,13H2,1-2H3;1-2H3. The molecule has 33 heavy (non-hydrogen) atoms. The van der Waals surface area contributed by atoms with Gasteiger partial charge in [0.1, 0.15) is 5.82 Å². The quantitative estimate of drug-likeness (QED) is 0.731. The summed E-state index contributed by atoms with van der Waals surface area (Å²) in [6, 6.07) is 3.52. The van der Waals surface area contributed by atoms with Crippen LogP contribution in [-0.4, -0.2) is 52.0 Å². The molecule has 0 spiro atoms. The topological polar surface area (TPSA) is 70.8 Å². The van der Waals surface area contributed by atoms with Crippen molar-refractivity contribution in [3.63, 3.8) is 0 Å². The summed E-state index contributed by atoms with van der Waals surface area (Å²) in [5, 5.41) is 15.6. The second-order valence-electron chi connectivity index (χ2n) is 8.84. The third-order valence-corrected chi connectivity index (χ3v) is 6.89. The van der Waals surface area contributed by atoms with Gasteiger partial charge >= 0.3 is 0 Å². The number of aliphatic hydroxyl groups excluding tert-OH is 1. The maximum atomic E-state index is 14.5. The minimum atomic E-state index is -0.618. The number of carbonyl (C=O) groups is 1. The summed E-state index contributed by atoms with van der Waals surface area (Å²) in [6.07, 6.45) is 2.51. The fourth-order valence-corrected chi connectivity index (χ4v) is 5.09. The van der Waals surface area contributed by atoms with Gasteiger partial charge in [0.15, 0.2) is 5.82 Å². The molecule has 0 aliphatic carbocycles. The smallest absolute Gasteiger partial charge is 0.219 e. The molecule has 1 aromatic heterocycles. The fraction of sp³-hybridized carbons (Fsp3) is 0.600. The van der Waals surface area contributed by atoms with E-state index in [1.54, 1.807) is 19.9 Å². The van der Waals surface area contributed by atoms with Crippen LogP contribution in [0.5, 0.6) is 0 Å². The lowest BCUT2D eigenvalue weighted by atomic mass is 9.96. The van der Waals surface area contributed by atoms with Crippen molar-refractivity contribution in [3.05, 3.63) is 40.3 Å². The molecule has 4 heterocycles. The van der Waals surface area contributed by atoms with Gasteiger partial charge in [-0.3, -0.25) is 9.48 Å². The van der Waals surface area contributed by atoms with Gasteiger partial charge in [0.05, 0.1) is 24.4 Å². The Bertz CT molecular complexity index is 1020. The highest BCUT2D eigenvalue weighted by Gasteiger charge is 2.34. The molecule has 1 atom stereocenters. The van der Waals surface area contributed by atoms with Gasteiger partial charge in [-0.1, -0.05) is 13.8 Å². The lowest BCUT2D eigenvalue weighted by molar-refractivity contribution is -0.129. The molecule has 3 aliphatic rings. The Hall–Kier alpha value is -2.45. The van der Waals surface area contributed by atoms with Gasteiger partial charge in [-0.15, -0.1) is 0 Å². The molecule has 1 amide bonds. The van der Waals surface area contributed by atoms with Crippen molar-refractivity contribution in [2.75, 3.05) is 31.2 Å². The van der Waals surface area contributed by atoms with Crippen LogP contribution >= 0.6 is 0 Å². The first-order chi connectivity index (χ1) is 15.9. The zero-order valence-corrected chi connectivity index (χ0v) is 20.1. The molecule has 0 radical (unpaired) electrons. The molecule has 1 unspecified atom stereocenters. The Kier molecular flexibility index (Phi) is 7.05. The molecule has 1 saturated heterocycles. The zero-order chi connectivity index (χ0) is 23.7. The van der Waals surface area contributed by atoms with Crippen LogP contribution < -0.4 is 4.90 Å². The number of aromatic nitrogens is 2. The average molecular weight is 459 g/mol. The highest BCUT2D eigenvalue weighted by Crippen LogP contribution is 2.42. The maximum absolute atomic E-state index is 14.5. The first-order valence-corrected chi connectivity index (χ1v) is 12.1. The van der Waals surface area contributed by atoms with Crippen LogP contribution in [0.3, 0.4) is 0 Å². The molecule has 1 aromatic carbocycles. The van der Waals surface area contributed by atoms with Gasteiger partial charge in [-0.25, -0.2) is 4.39 Å². The van der Waals surface area contributed by atoms with Crippen molar-refractivity contribution in [1.82, 2.24) is 14.7 Å². The molecule has 8 heteroatoms. The number of halogens is 1. The number of aliphatic hydroxyl groups is 1. The van der Waals surface area contributed by atoms with E-state index in [2.05, 4.69) is 4.68 Å². The van der Waals surface area contributed by atoms with Gasteiger partial charge < -0.3 is 19.6 Å².